The van der Waals surface area contributed by atoms with Crippen LogP contribution in [-0.4, -0.2) is 24.3 Å². The summed E-state index contributed by atoms with van der Waals surface area (Å²) in [6.45, 7) is 2.89. The van der Waals surface area contributed by atoms with Crippen molar-refractivity contribution in [2.75, 3.05) is 18.5 Å². The van der Waals surface area contributed by atoms with Crippen molar-refractivity contribution in [2.45, 2.75) is 32.6 Å². The number of anilines is 1. The number of carbonyl (C=O) groups is 1. The molecule has 2 rings (SSSR count). The second kappa shape index (κ2) is 7.66. The second-order valence-electron chi connectivity index (χ2n) is 5.87. The number of hydrogen-bond acceptors (Lipinski definition) is 2. The molecule has 1 fully saturated rings. The van der Waals surface area contributed by atoms with Gasteiger partial charge in [-0.2, -0.15) is 0 Å². The number of aliphatic hydroxyl groups is 1. The fourth-order valence-electron chi connectivity index (χ4n) is 2.75. The third-order valence-corrected chi connectivity index (χ3v) is 4.62. The van der Waals surface area contributed by atoms with Crippen molar-refractivity contribution < 1.29 is 9.90 Å². The lowest BCUT2D eigenvalue weighted by Gasteiger charge is -2.27. The molecule has 116 valence electrons. The minimum atomic E-state index is -0.180. The first-order valence-electron chi connectivity index (χ1n) is 7.50. The summed E-state index contributed by atoms with van der Waals surface area (Å²) in [6.07, 6.45) is 4.26. The molecule has 1 aliphatic rings. The summed E-state index contributed by atoms with van der Waals surface area (Å²) < 4.78 is 0. The topological polar surface area (TPSA) is 61.4 Å². The Balaban J connectivity index is 1.73. The smallest absolute Gasteiger partial charge is 0.319 e. The molecule has 0 atom stereocenters. The Kier molecular flexibility index (Phi) is 5.88. The highest BCUT2D eigenvalue weighted by molar-refractivity contribution is 6.31. The summed E-state index contributed by atoms with van der Waals surface area (Å²) >= 11 is 5.96. The fourth-order valence-corrected chi connectivity index (χ4v) is 2.87. The number of halogens is 1. The summed E-state index contributed by atoms with van der Waals surface area (Å²) in [5, 5.41) is 15.6. The van der Waals surface area contributed by atoms with Gasteiger partial charge in [0.25, 0.3) is 0 Å². The van der Waals surface area contributed by atoms with Gasteiger partial charge in [-0.15, -0.1) is 0 Å². The average Bonchev–Trinajstić information content (AvgIpc) is 2.49. The molecule has 1 aliphatic carbocycles. The number of benzene rings is 1. The van der Waals surface area contributed by atoms with E-state index in [1.807, 2.05) is 13.0 Å². The van der Waals surface area contributed by atoms with Gasteiger partial charge >= 0.3 is 6.03 Å². The van der Waals surface area contributed by atoms with E-state index in [0.29, 0.717) is 23.4 Å². The van der Waals surface area contributed by atoms with E-state index in [1.165, 1.54) is 0 Å². The quantitative estimate of drug-likeness (QED) is 0.796. The van der Waals surface area contributed by atoms with Crippen LogP contribution in [0.25, 0.3) is 0 Å². The summed E-state index contributed by atoms with van der Waals surface area (Å²) in [5.74, 6) is 0.970. The molecule has 0 unspecified atom stereocenters. The van der Waals surface area contributed by atoms with Crippen LogP contribution >= 0.6 is 11.6 Å². The van der Waals surface area contributed by atoms with Crippen molar-refractivity contribution in [3.05, 3.63) is 28.8 Å². The molecule has 4 nitrogen and oxygen atoms in total. The molecule has 21 heavy (non-hydrogen) atoms. The largest absolute Gasteiger partial charge is 0.396 e. The van der Waals surface area contributed by atoms with Gasteiger partial charge in [0, 0.05) is 23.9 Å². The van der Waals surface area contributed by atoms with Crippen molar-refractivity contribution in [1.29, 1.82) is 0 Å². The van der Waals surface area contributed by atoms with Crippen molar-refractivity contribution in [3.8, 4) is 0 Å². The van der Waals surface area contributed by atoms with E-state index in [-0.39, 0.29) is 12.6 Å². The van der Waals surface area contributed by atoms with Crippen LogP contribution in [0.1, 0.15) is 31.2 Å². The van der Waals surface area contributed by atoms with Crippen LogP contribution in [0.2, 0.25) is 5.02 Å². The van der Waals surface area contributed by atoms with E-state index in [9.17, 15) is 4.79 Å². The Hall–Kier alpha value is -1.26. The van der Waals surface area contributed by atoms with Crippen molar-refractivity contribution in [2.24, 2.45) is 11.8 Å². The molecule has 0 bridgehead atoms. The zero-order chi connectivity index (χ0) is 15.2. The number of aryl methyl sites for hydroxylation is 1. The van der Waals surface area contributed by atoms with Gasteiger partial charge in [-0.3, -0.25) is 0 Å². The minimum absolute atomic E-state index is 0.180. The zero-order valence-corrected chi connectivity index (χ0v) is 13.1. The highest BCUT2D eigenvalue weighted by atomic mass is 35.5. The van der Waals surface area contributed by atoms with E-state index in [4.69, 9.17) is 16.7 Å². The van der Waals surface area contributed by atoms with E-state index in [0.717, 1.165) is 36.9 Å². The summed E-state index contributed by atoms with van der Waals surface area (Å²) in [5.41, 5.74) is 1.69. The number of carbonyl (C=O) groups excluding carboxylic acids is 1. The molecule has 0 radical (unpaired) electrons. The normalized spacial score (nSPS) is 21.9. The number of nitrogens with one attached hydrogen (secondary N) is 2. The van der Waals surface area contributed by atoms with Gasteiger partial charge in [-0.05, 0) is 68.2 Å². The Bertz CT molecular complexity index is 485. The number of amides is 2. The molecule has 1 aromatic rings. The van der Waals surface area contributed by atoms with E-state index in [1.54, 1.807) is 12.1 Å². The number of urea groups is 1. The maximum atomic E-state index is 11.9. The summed E-state index contributed by atoms with van der Waals surface area (Å²) in [4.78, 5) is 11.9. The van der Waals surface area contributed by atoms with Gasteiger partial charge in [0.2, 0.25) is 0 Å². The third kappa shape index (κ3) is 4.90. The molecular weight excluding hydrogens is 288 g/mol. The van der Waals surface area contributed by atoms with Crippen LogP contribution in [-0.2, 0) is 0 Å². The first-order valence-corrected chi connectivity index (χ1v) is 7.88. The number of hydrogen-bond donors (Lipinski definition) is 3. The SMILES string of the molecule is Cc1cc(NC(=O)NCC2CCC(CO)CC2)ccc1Cl. The van der Waals surface area contributed by atoms with Crippen molar-refractivity contribution >= 4 is 23.3 Å². The Labute approximate surface area is 130 Å². The van der Waals surface area contributed by atoms with E-state index >= 15 is 0 Å². The first-order chi connectivity index (χ1) is 10.1. The molecular formula is C16H23ClN2O2. The zero-order valence-electron chi connectivity index (χ0n) is 12.4. The first kappa shape index (κ1) is 16.1. The predicted octanol–water partition coefficient (Wildman–Crippen LogP) is 3.57. The van der Waals surface area contributed by atoms with Crippen LogP contribution in [0, 0.1) is 18.8 Å². The standard InChI is InChI=1S/C16H23ClN2O2/c1-11-8-14(6-7-15(11)17)19-16(21)18-9-12-2-4-13(10-20)5-3-12/h6-8,12-13,20H,2-5,9-10H2,1H3,(H2,18,19,21). The van der Waals surface area contributed by atoms with Crippen LogP contribution in [0.4, 0.5) is 10.5 Å². The van der Waals surface area contributed by atoms with Crippen molar-refractivity contribution in [3.63, 3.8) is 0 Å². The van der Waals surface area contributed by atoms with E-state index < -0.39 is 0 Å². The highest BCUT2D eigenvalue weighted by Crippen LogP contribution is 2.27. The molecule has 0 aliphatic heterocycles. The lowest BCUT2D eigenvalue weighted by Crippen LogP contribution is -2.34. The molecule has 1 saturated carbocycles. The summed E-state index contributed by atoms with van der Waals surface area (Å²) in [7, 11) is 0. The number of rotatable bonds is 4. The predicted molar refractivity (Wildman–Crippen MR) is 85.7 cm³/mol. The maximum absolute atomic E-state index is 11.9. The monoisotopic (exact) mass is 310 g/mol. The Morgan fingerprint density at radius 3 is 2.57 bits per heavy atom. The molecule has 0 spiro atoms. The van der Waals surface area contributed by atoms with Gasteiger partial charge in [0.1, 0.15) is 0 Å². The van der Waals surface area contributed by atoms with Crippen molar-refractivity contribution in [1.82, 2.24) is 5.32 Å². The molecule has 0 heterocycles. The van der Waals surface area contributed by atoms with Crippen LogP contribution in [0.5, 0.6) is 0 Å². The molecule has 0 aromatic heterocycles. The molecule has 0 saturated heterocycles. The molecule has 2 amide bonds. The molecule has 5 heteroatoms. The van der Waals surface area contributed by atoms with Crippen LogP contribution in [0.15, 0.2) is 18.2 Å². The fraction of sp³-hybridized carbons (Fsp3) is 0.562. The summed E-state index contributed by atoms with van der Waals surface area (Å²) in [6, 6.07) is 5.25. The minimum Gasteiger partial charge on any atom is -0.396 e. The molecule has 1 aromatic carbocycles. The molecule has 3 N–H and O–H groups in total. The maximum Gasteiger partial charge on any atom is 0.319 e. The Morgan fingerprint density at radius 2 is 1.95 bits per heavy atom. The van der Waals surface area contributed by atoms with Gasteiger partial charge in [0.15, 0.2) is 0 Å². The van der Waals surface area contributed by atoms with Gasteiger partial charge in [0.05, 0.1) is 0 Å². The average molecular weight is 311 g/mol. The van der Waals surface area contributed by atoms with Crippen LogP contribution < -0.4 is 10.6 Å². The van der Waals surface area contributed by atoms with Gasteiger partial charge in [-0.1, -0.05) is 11.6 Å². The lowest BCUT2D eigenvalue weighted by atomic mass is 9.82. The number of aliphatic hydroxyl groups excluding tert-OH is 1. The lowest BCUT2D eigenvalue weighted by molar-refractivity contribution is 0.166. The third-order valence-electron chi connectivity index (χ3n) is 4.19. The second-order valence-corrected chi connectivity index (χ2v) is 6.28. The van der Waals surface area contributed by atoms with E-state index in [2.05, 4.69) is 10.6 Å². The van der Waals surface area contributed by atoms with Gasteiger partial charge in [-0.25, -0.2) is 4.79 Å². The highest BCUT2D eigenvalue weighted by Gasteiger charge is 2.20. The van der Waals surface area contributed by atoms with Gasteiger partial charge < -0.3 is 15.7 Å². The Morgan fingerprint density at radius 1 is 1.29 bits per heavy atom. The van der Waals surface area contributed by atoms with Crippen LogP contribution in [0.3, 0.4) is 0 Å².